The molecule has 0 spiro atoms. The van der Waals surface area contributed by atoms with Crippen molar-refractivity contribution in [2.75, 3.05) is 19.1 Å². The zero-order valence-electron chi connectivity index (χ0n) is 12.6. The topological polar surface area (TPSA) is 56.3 Å². The van der Waals surface area contributed by atoms with Crippen LogP contribution in [0.25, 0.3) is 0 Å². The molecule has 0 atom stereocenters. The Morgan fingerprint density at radius 3 is 2.70 bits per heavy atom. The lowest BCUT2D eigenvalue weighted by molar-refractivity contribution is 0.409. The molecule has 20 heavy (non-hydrogen) atoms. The van der Waals surface area contributed by atoms with E-state index in [2.05, 4.69) is 16.1 Å². The predicted octanol–water partition coefficient (Wildman–Crippen LogP) is 1.83. The van der Waals surface area contributed by atoms with Gasteiger partial charge in [-0.15, -0.1) is 0 Å². The average Bonchev–Trinajstić information content (AvgIpc) is 2.73. The number of ether oxygens (including phenoxy) is 1. The van der Waals surface area contributed by atoms with Gasteiger partial charge in [0, 0.05) is 38.3 Å². The number of anilines is 1. The Hall–Kier alpha value is -2.01. The van der Waals surface area contributed by atoms with E-state index in [0.717, 1.165) is 34.9 Å². The van der Waals surface area contributed by atoms with Gasteiger partial charge in [0.25, 0.3) is 0 Å². The Bertz CT molecular complexity index is 592. The molecule has 0 fully saturated rings. The molecule has 0 aliphatic rings. The molecule has 0 aliphatic carbocycles. The second-order valence-corrected chi connectivity index (χ2v) is 4.88. The fraction of sp³-hybridized carbons (Fsp3) is 0.400. The zero-order chi connectivity index (χ0) is 14.7. The van der Waals surface area contributed by atoms with E-state index in [1.54, 1.807) is 7.11 Å². The molecule has 5 heteroatoms. The largest absolute Gasteiger partial charge is 0.496 e. The van der Waals surface area contributed by atoms with Crippen molar-refractivity contribution in [1.82, 2.24) is 9.78 Å². The first kappa shape index (κ1) is 14.4. The molecule has 1 heterocycles. The van der Waals surface area contributed by atoms with E-state index in [1.165, 1.54) is 0 Å². The van der Waals surface area contributed by atoms with E-state index in [0.29, 0.717) is 6.54 Å². The van der Waals surface area contributed by atoms with Crippen LogP contribution in [-0.2, 0) is 20.1 Å². The highest BCUT2D eigenvalue weighted by molar-refractivity contribution is 5.50. The van der Waals surface area contributed by atoms with Crippen molar-refractivity contribution in [3.05, 3.63) is 41.1 Å². The zero-order valence-corrected chi connectivity index (χ0v) is 12.6. The predicted molar refractivity (Wildman–Crippen MR) is 80.9 cm³/mol. The van der Waals surface area contributed by atoms with Crippen LogP contribution in [0, 0.1) is 6.92 Å². The Balaban J connectivity index is 2.31. The third-order valence-electron chi connectivity index (χ3n) is 3.48. The van der Waals surface area contributed by atoms with Crippen LogP contribution in [0.3, 0.4) is 0 Å². The first-order valence-corrected chi connectivity index (χ1v) is 6.64. The van der Waals surface area contributed by atoms with Gasteiger partial charge < -0.3 is 15.4 Å². The van der Waals surface area contributed by atoms with E-state index in [1.807, 2.05) is 43.9 Å². The summed E-state index contributed by atoms with van der Waals surface area (Å²) in [7, 11) is 5.68. The third kappa shape index (κ3) is 2.63. The molecule has 0 unspecified atom stereocenters. The van der Waals surface area contributed by atoms with Crippen molar-refractivity contribution in [3.63, 3.8) is 0 Å². The maximum absolute atomic E-state index is 5.85. The number of aromatic nitrogens is 2. The molecular formula is C15H22N4O. The van der Waals surface area contributed by atoms with E-state index >= 15 is 0 Å². The monoisotopic (exact) mass is 274 g/mol. The van der Waals surface area contributed by atoms with Crippen LogP contribution in [0.2, 0.25) is 0 Å². The Morgan fingerprint density at radius 2 is 2.05 bits per heavy atom. The Kier molecular flexibility index (Phi) is 4.29. The van der Waals surface area contributed by atoms with Crippen molar-refractivity contribution in [3.8, 4) is 5.75 Å². The van der Waals surface area contributed by atoms with E-state index in [9.17, 15) is 0 Å². The molecule has 5 nitrogen and oxygen atoms in total. The second-order valence-electron chi connectivity index (χ2n) is 4.88. The molecule has 1 aromatic heterocycles. The van der Waals surface area contributed by atoms with E-state index < -0.39 is 0 Å². The van der Waals surface area contributed by atoms with Gasteiger partial charge in [-0.05, 0) is 13.0 Å². The SMILES string of the molecule is COc1ccccc1CN(C)c1c(CN)c(C)nn1C. The highest BCUT2D eigenvalue weighted by atomic mass is 16.5. The number of aryl methyl sites for hydroxylation is 2. The quantitative estimate of drug-likeness (QED) is 0.904. The summed E-state index contributed by atoms with van der Waals surface area (Å²) >= 11 is 0. The molecule has 2 aromatic rings. The van der Waals surface area contributed by atoms with Gasteiger partial charge in [0.15, 0.2) is 0 Å². The lowest BCUT2D eigenvalue weighted by Crippen LogP contribution is -2.21. The number of hydrogen-bond acceptors (Lipinski definition) is 4. The summed E-state index contributed by atoms with van der Waals surface area (Å²) in [4.78, 5) is 2.15. The molecule has 2 rings (SSSR count). The van der Waals surface area contributed by atoms with E-state index in [4.69, 9.17) is 10.5 Å². The van der Waals surface area contributed by atoms with Crippen molar-refractivity contribution in [2.45, 2.75) is 20.0 Å². The Morgan fingerprint density at radius 1 is 1.35 bits per heavy atom. The highest BCUT2D eigenvalue weighted by Gasteiger charge is 2.16. The van der Waals surface area contributed by atoms with Gasteiger partial charge in [0.05, 0.1) is 12.8 Å². The second kappa shape index (κ2) is 5.96. The van der Waals surface area contributed by atoms with Gasteiger partial charge >= 0.3 is 0 Å². The standard InChI is InChI=1S/C15H22N4O/c1-11-13(9-16)15(19(3)17-11)18(2)10-12-7-5-6-8-14(12)20-4/h5-8H,9-10,16H2,1-4H3. The summed E-state index contributed by atoms with van der Waals surface area (Å²) < 4.78 is 7.28. The molecule has 0 saturated heterocycles. The summed E-state index contributed by atoms with van der Waals surface area (Å²) in [6, 6.07) is 8.04. The van der Waals surface area contributed by atoms with Crippen LogP contribution >= 0.6 is 0 Å². The summed E-state index contributed by atoms with van der Waals surface area (Å²) in [5, 5.41) is 4.45. The van der Waals surface area contributed by atoms with Gasteiger partial charge in [0.2, 0.25) is 0 Å². The summed E-state index contributed by atoms with van der Waals surface area (Å²) in [5.74, 6) is 1.95. The van der Waals surface area contributed by atoms with Crippen LogP contribution in [0.15, 0.2) is 24.3 Å². The third-order valence-corrected chi connectivity index (χ3v) is 3.48. The molecule has 0 amide bonds. The van der Waals surface area contributed by atoms with Crippen LogP contribution in [0.1, 0.15) is 16.8 Å². The lowest BCUT2D eigenvalue weighted by atomic mass is 10.1. The van der Waals surface area contributed by atoms with Crippen LogP contribution in [0.5, 0.6) is 5.75 Å². The molecule has 0 aliphatic heterocycles. The maximum atomic E-state index is 5.85. The summed E-state index contributed by atoms with van der Waals surface area (Å²) in [5.41, 5.74) is 9.06. The number of nitrogens with zero attached hydrogens (tertiary/aromatic N) is 3. The molecule has 0 radical (unpaired) electrons. The fourth-order valence-electron chi connectivity index (χ4n) is 2.57. The molecule has 0 bridgehead atoms. The highest BCUT2D eigenvalue weighted by Crippen LogP contribution is 2.25. The Labute approximate surface area is 119 Å². The van der Waals surface area contributed by atoms with E-state index in [-0.39, 0.29) is 0 Å². The minimum Gasteiger partial charge on any atom is -0.496 e. The first-order valence-electron chi connectivity index (χ1n) is 6.64. The van der Waals surface area contributed by atoms with Gasteiger partial charge in [-0.1, -0.05) is 18.2 Å². The lowest BCUT2D eigenvalue weighted by Gasteiger charge is -2.22. The van der Waals surface area contributed by atoms with Gasteiger partial charge in [-0.2, -0.15) is 5.10 Å². The molecular weight excluding hydrogens is 252 g/mol. The van der Waals surface area contributed by atoms with Gasteiger partial charge in [-0.25, -0.2) is 0 Å². The molecule has 1 aromatic carbocycles. The number of nitrogens with two attached hydrogens (primary N) is 1. The van der Waals surface area contributed by atoms with Crippen molar-refractivity contribution in [1.29, 1.82) is 0 Å². The smallest absolute Gasteiger partial charge is 0.131 e. The van der Waals surface area contributed by atoms with Gasteiger partial charge in [0.1, 0.15) is 11.6 Å². The molecule has 108 valence electrons. The first-order chi connectivity index (χ1) is 9.58. The number of hydrogen-bond donors (Lipinski definition) is 1. The number of methoxy groups -OCH3 is 1. The van der Waals surface area contributed by atoms with Crippen LogP contribution in [0.4, 0.5) is 5.82 Å². The van der Waals surface area contributed by atoms with Crippen molar-refractivity contribution < 1.29 is 4.74 Å². The summed E-state index contributed by atoms with van der Waals surface area (Å²) in [6.45, 7) is 3.23. The number of para-hydroxylation sites is 1. The number of rotatable bonds is 5. The van der Waals surface area contributed by atoms with Crippen LogP contribution in [-0.4, -0.2) is 23.9 Å². The van der Waals surface area contributed by atoms with Crippen LogP contribution < -0.4 is 15.4 Å². The van der Waals surface area contributed by atoms with Crippen molar-refractivity contribution in [2.24, 2.45) is 12.8 Å². The summed E-state index contributed by atoms with van der Waals surface area (Å²) in [6.07, 6.45) is 0. The normalized spacial score (nSPS) is 10.7. The fourth-order valence-corrected chi connectivity index (χ4v) is 2.57. The van der Waals surface area contributed by atoms with Crippen molar-refractivity contribution >= 4 is 5.82 Å². The molecule has 0 saturated carbocycles. The molecule has 2 N–H and O–H groups in total. The number of benzene rings is 1. The minimum atomic E-state index is 0.491. The maximum Gasteiger partial charge on any atom is 0.131 e. The minimum absolute atomic E-state index is 0.491. The average molecular weight is 274 g/mol. The van der Waals surface area contributed by atoms with Gasteiger partial charge in [-0.3, -0.25) is 4.68 Å².